The number of rotatable bonds is 1. The molecule has 1 heterocycles. The molecule has 1 saturated heterocycles. The molecule has 0 saturated carbocycles. The fraction of sp³-hybridized carbons (Fsp3) is 0.333. The van der Waals surface area contributed by atoms with Crippen LogP contribution in [-0.4, -0.2) is 6.54 Å². The molecule has 0 aromatic heterocycles. The summed E-state index contributed by atoms with van der Waals surface area (Å²) in [7, 11) is 0. The first-order valence-electron chi connectivity index (χ1n) is 7.63. The number of hydrogen-bond donors (Lipinski definition) is 2. The topological polar surface area (TPSA) is 38.0 Å². The van der Waals surface area contributed by atoms with Gasteiger partial charge in [0.2, 0.25) is 0 Å². The van der Waals surface area contributed by atoms with E-state index < -0.39 is 0 Å². The molecule has 1 fully saturated rings. The third-order valence-electron chi connectivity index (χ3n) is 4.98. The van der Waals surface area contributed by atoms with E-state index in [4.69, 9.17) is 17.3 Å². The number of anilines is 1. The van der Waals surface area contributed by atoms with Crippen LogP contribution in [0.3, 0.4) is 0 Å². The summed E-state index contributed by atoms with van der Waals surface area (Å²) in [5.74, 6) is 0.966. The van der Waals surface area contributed by atoms with E-state index in [1.165, 1.54) is 29.5 Å². The second kappa shape index (κ2) is 5.04. The van der Waals surface area contributed by atoms with Gasteiger partial charge < -0.3 is 11.1 Å². The Morgan fingerprint density at radius 3 is 2.76 bits per heavy atom. The molecule has 0 amide bonds. The normalized spacial score (nSPS) is 27.2. The Labute approximate surface area is 130 Å². The van der Waals surface area contributed by atoms with Crippen LogP contribution in [0, 0.1) is 5.92 Å². The van der Waals surface area contributed by atoms with Gasteiger partial charge in [0.1, 0.15) is 0 Å². The number of fused-ring (bicyclic) bond motifs is 3. The highest BCUT2D eigenvalue weighted by Crippen LogP contribution is 2.53. The molecule has 2 aliphatic rings. The SMILES string of the molecule is Nc1ccccc1C1c2ccc(Cl)cc2C2NCCCC21. The lowest BCUT2D eigenvalue weighted by Gasteiger charge is -2.31. The summed E-state index contributed by atoms with van der Waals surface area (Å²) < 4.78 is 0. The Balaban J connectivity index is 1.89. The van der Waals surface area contributed by atoms with Crippen molar-refractivity contribution in [2.75, 3.05) is 12.3 Å². The first-order valence-corrected chi connectivity index (χ1v) is 8.00. The van der Waals surface area contributed by atoms with Gasteiger partial charge in [-0.25, -0.2) is 0 Å². The minimum Gasteiger partial charge on any atom is -0.398 e. The molecular formula is C18H19ClN2. The highest BCUT2D eigenvalue weighted by Gasteiger charge is 2.42. The van der Waals surface area contributed by atoms with Crippen molar-refractivity contribution in [2.24, 2.45) is 5.92 Å². The van der Waals surface area contributed by atoms with Crippen molar-refractivity contribution in [1.29, 1.82) is 0 Å². The molecule has 1 aliphatic carbocycles. The lowest BCUT2D eigenvalue weighted by atomic mass is 9.80. The monoisotopic (exact) mass is 298 g/mol. The number of halogens is 1. The van der Waals surface area contributed by atoms with Gasteiger partial charge in [0.05, 0.1) is 0 Å². The summed E-state index contributed by atoms with van der Waals surface area (Å²) in [6.07, 6.45) is 2.47. The molecule has 0 radical (unpaired) electrons. The summed E-state index contributed by atoms with van der Waals surface area (Å²) >= 11 is 6.23. The van der Waals surface area contributed by atoms with E-state index >= 15 is 0 Å². The van der Waals surface area contributed by atoms with Crippen LogP contribution in [-0.2, 0) is 0 Å². The maximum atomic E-state index is 6.26. The summed E-state index contributed by atoms with van der Waals surface area (Å²) in [5, 5.41) is 4.51. The molecule has 4 rings (SSSR count). The van der Waals surface area contributed by atoms with Crippen molar-refractivity contribution in [1.82, 2.24) is 5.32 Å². The van der Waals surface area contributed by atoms with E-state index in [-0.39, 0.29) is 0 Å². The van der Waals surface area contributed by atoms with Crippen LogP contribution in [0.25, 0.3) is 0 Å². The van der Waals surface area contributed by atoms with Crippen molar-refractivity contribution in [2.45, 2.75) is 24.8 Å². The lowest BCUT2D eigenvalue weighted by Crippen LogP contribution is -2.33. The Hall–Kier alpha value is -1.51. The van der Waals surface area contributed by atoms with Crippen molar-refractivity contribution in [3.05, 3.63) is 64.2 Å². The van der Waals surface area contributed by atoms with Gasteiger partial charge in [0, 0.05) is 22.7 Å². The number of nitrogen functional groups attached to an aromatic ring is 1. The highest BCUT2D eigenvalue weighted by molar-refractivity contribution is 6.30. The minimum absolute atomic E-state index is 0.385. The zero-order valence-corrected chi connectivity index (χ0v) is 12.6. The number of nitrogens with one attached hydrogen (secondary N) is 1. The molecule has 2 nitrogen and oxygen atoms in total. The van der Waals surface area contributed by atoms with Gasteiger partial charge in [-0.2, -0.15) is 0 Å². The third-order valence-corrected chi connectivity index (χ3v) is 5.22. The number of para-hydroxylation sites is 1. The molecule has 21 heavy (non-hydrogen) atoms. The lowest BCUT2D eigenvalue weighted by molar-refractivity contribution is 0.287. The molecule has 108 valence electrons. The van der Waals surface area contributed by atoms with Gasteiger partial charge in [-0.3, -0.25) is 0 Å². The smallest absolute Gasteiger partial charge is 0.0409 e. The summed E-state index contributed by atoms with van der Waals surface area (Å²) in [6, 6.07) is 15.0. The first-order chi connectivity index (χ1) is 10.3. The molecule has 0 bridgehead atoms. The molecule has 2 aromatic carbocycles. The number of hydrogen-bond acceptors (Lipinski definition) is 2. The average Bonchev–Trinajstić information content (AvgIpc) is 2.82. The van der Waals surface area contributed by atoms with Gasteiger partial charge in [-0.05, 0) is 60.2 Å². The number of nitrogens with two attached hydrogens (primary N) is 1. The van der Waals surface area contributed by atoms with Crippen LogP contribution < -0.4 is 11.1 Å². The molecule has 3 N–H and O–H groups in total. The van der Waals surface area contributed by atoms with E-state index in [9.17, 15) is 0 Å². The Morgan fingerprint density at radius 2 is 1.90 bits per heavy atom. The van der Waals surface area contributed by atoms with Crippen LogP contribution in [0.15, 0.2) is 42.5 Å². The van der Waals surface area contributed by atoms with Crippen molar-refractivity contribution in [3.8, 4) is 0 Å². The van der Waals surface area contributed by atoms with Crippen LogP contribution in [0.4, 0.5) is 5.69 Å². The Kier molecular flexibility index (Phi) is 3.16. The van der Waals surface area contributed by atoms with Crippen LogP contribution >= 0.6 is 11.6 Å². The standard InChI is InChI=1S/C18H19ClN2/c19-11-7-8-12-15(10-11)18-14(5-3-9-21-18)17(12)13-4-1-2-6-16(13)20/h1-2,4,6-8,10,14,17-18,21H,3,5,9,20H2. The van der Waals surface area contributed by atoms with Crippen molar-refractivity contribution < 1.29 is 0 Å². The molecular weight excluding hydrogens is 280 g/mol. The maximum Gasteiger partial charge on any atom is 0.0409 e. The van der Waals surface area contributed by atoms with E-state index in [2.05, 4.69) is 29.6 Å². The van der Waals surface area contributed by atoms with Gasteiger partial charge in [0.25, 0.3) is 0 Å². The second-order valence-corrected chi connectivity index (χ2v) is 6.55. The predicted molar refractivity (Wildman–Crippen MR) is 87.6 cm³/mol. The van der Waals surface area contributed by atoms with Crippen LogP contribution in [0.1, 0.15) is 41.5 Å². The molecule has 3 heteroatoms. The van der Waals surface area contributed by atoms with Gasteiger partial charge in [-0.15, -0.1) is 0 Å². The molecule has 0 spiro atoms. The third kappa shape index (κ3) is 2.05. The van der Waals surface area contributed by atoms with E-state index in [0.29, 0.717) is 17.9 Å². The van der Waals surface area contributed by atoms with Gasteiger partial charge >= 0.3 is 0 Å². The summed E-state index contributed by atoms with van der Waals surface area (Å²) in [4.78, 5) is 0. The van der Waals surface area contributed by atoms with E-state index in [1.54, 1.807) is 0 Å². The number of benzene rings is 2. The zero-order chi connectivity index (χ0) is 14.4. The Morgan fingerprint density at radius 1 is 1.05 bits per heavy atom. The fourth-order valence-corrected chi connectivity index (χ4v) is 4.31. The maximum absolute atomic E-state index is 6.26. The summed E-state index contributed by atoms with van der Waals surface area (Å²) in [5.41, 5.74) is 11.2. The van der Waals surface area contributed by atoms with E-state index in [0.717, 1.165) is 17.3 Å². The largest absolute Gasteiger partial charge is 0.398 e. The molecule has 2 aromatic rings. The second-order valence-electron chi connectivity index (χ2n) is 6.12. The van der Waals surface area contributed by atoms with Crippen molar-refractivity contribution in [3.63, 3.8) is 0 Å². The molecule has 3 atom stereocenters. The zero-order valence-electron chi connectivity index (χ0n) is 11.9. The highest BCUT2D eigenvalue weighted by atomic mass is 35.5. The minimum atomic E-state index is 0.385. The molecule has 1 aliphatic heterocycles. The molecule has 3 unspecified atom stereocenters. The van der Waals surface area contributed by atoms with Gasteiger partial charge in [0.15, 0.2) is 0 Å². The van der Waals surface area contributed by atoms with Crippen LogP contribution in [0.2, 0.25) is 5.02 Å². The summed E-state index contributed by atoms with van der Waals surface area (Å²) in [6.45, 7) is 1.09. The predicted octanol–water partition coefficient (Wildman–Crippen LogP) is 4.11. The fourth-order valence-electron chi connectivity index (χ4n) is 4.13. The average molecular weight is 299 g/mol. The van der Waals surface area contributed by atoms with E-state index in [1.807, 2.05) is 18.2 Å². The Bertz CT molecular complexity index is 683. The quantitative estimate of drug-likeness (QED) is 0.778. The van der Waals surface area contributed by atoms with Crippen molar-refractivity contribution >= 4 is 17.3 Å². The van der Waals surface area contributed by atoms with Gasteiger partial charge in [-0.1, -0.05) is 35.9 Å². The number of piperidine rings is 1. The van der Waals surface area contributed by atoms with Crippen LogP contribution in [0.5, 0.6) is 0 Å². The first kappa shape index (κ1) is 13.2.